The number of aryl methyl sites for hydroxylation is 1. The molecule has 35 heavy (non-hydrogen) atoms. The zero-order chi connectivity index (χ0) is 24.4. The lowest BCUT2D eigenvalue weighted by atomic mass is 10.2. The molecule has 186 valence electrons. The first-order chi connectivity index (χ1) is 17.0. The Morgan fingerprint density at radius 2 is 2.23 bits per heavy atom. The summed E-state index contributed by atoms with van der Waals surface area (Å²) in [5.74, 6) is 0.353. The molecule has 5 rings (SSSR count). The largest absolute Gasteiger partial charge is 0.486 e. The van der Waals surface area contributed by atoms with E-state index in [1.165, 1.54) is 29.8 Å². The Kier molecular flexibility index (Phi) is 7.09. The van der Waals surface area contributed by atoms with Gasteiger partial charge in [-0.3, -0.25) is 4.79 Å². The van der Waals surface area contributed by atoms with Crippen molar-refractivity contribution < 1.29 is 23.4 Å². The molecule has 2 atom stereocenters. The van der Waals surface area contributed by atoms with Gasteiger partial charge in [-0.05, 0) is 31.7 Å². The summed E-state index contributed by atoms with van der Waals surface area (Å²) in [4.78, 5) is 25.2. The van der Waals surface area contributed by atoms with Gasteiger partial charge in [0.15, 0.2) is 0 Å². The van der Waals surface area contributed by atoms with Crippen molar-refractivity contribution in [1.82, 2.24) is 20.2 Å². The number of hydrogen-bond donors (Lipinski definition) is 2. The van der Waals surface area contributed by atoms with Crippen LogP contribution >= 0.6 is 11.3 Å². The van der Waals surface area contributed by atoms with Crippen LogP contribution < -0.4 is 15.4 Å². The van der Waals surface area contributed by atoms with Crippen molar-refractivity contribution in [2.75, 3.05) is 51.8 Å². The minimum absolute atomic E-state index is 0.0356. The number of nitrogens with zero attached hydrogens (tertiary/aromatic N) is 3. The molecule has 11 heteroatoms. The van der Waals surface area contributed by atoms with Crippen molar-refractivity contribution in [2.24, 2.45) is 0 Å². The molecule has 1 unspecified atom stereocenters. The predicted molar refractivity (Wildman–Crippen MR) is 131 cm³/mol. The number of aromatic nitrogens is 2. The van der Waals surface area contributed by atoms with Crippen LogP contribution in [0.15, 0.2) is 24.5 Å². The standard InChI is InChI=1S/C24H28FN5O4S/c1-14-20-22(29-18-4-3-15(25)9-19(18)34-16-5-7-32-12-16)27-13-28-24(20)35-21(14)23(31)26-10-17-11-30(2)6-8-33-17/h3-4,9,13,16-17H,5-8,10-12H2,1-2H3,(H,26,31)(H,27,28,29)/t16-,17?/m0/s1. The van der Waals surface area contributed by atoms with Gasteiger partial charge in [-0.15, -0.1) is 11.3 Å². The van der Waals surface area contributed by atoms with E-state index in [1.807, 2.05) is 14.0 Å². The summed E-state index contributed by atoms with van der Waals surface area (Å²) in [7, 11) is 2.04. The third-order valence-corrected chi connectivity index (χ3v) is 7.34. The van der Waals surface area contributed by atoms with Crippen molar-refractivity contribution in [3.63, 3.8) is 0 Å². The van der Waals surface area contributed by atoms with Gasteiger partial charge < -0.3 is 29.7 Å². The van der Waals surface area contributed by atoms with Crippen LogP contribution in [0.25, 0.3) is 10.2 Å². The van der Waals surface area contributed by atoms with E-state index in [4.69, 9.17) is 14.2 Å². The van der Waals surface area contributed by atoms with Crippen molar-refractivity contribution in [1.29, 1.82) is 0 Å². The van der Waals surface area contributed by atoms with Crippen LogP contribution in [0.1, 0.15) is 21.7 Å². The summed E-state index contributed by atoms with van der Waals surface area (Å²) in [5.41, 5.74) is 1.36. The number of anilines is 2. The Morgan fingerprint density at radius 1 is 1.34 bits per heavy atom. The first-order valence-electron chi connectivity index (χ1n) is 11.6. The number of likely N-dealkylation sites (N-methyl/N-ethyl adjacent to an activating group) is 1. The number of morpholine rings is 1. The van der Waals surface area contributed by atoms with Crippen LogP contribution in [0, 0.1) is 12.7 Å². The topological polar surface area (TPSA) is 97.8 Å². The Balaban J connectivity index is 1.37. The molecule has 0 radical (unpaired) electrons. The highest BCUT2D eigenvalue weighted by atomic mass is 32.1. The minimum atomic E-state index is -0.392. The molecule has 1 amide bonds. The number of hydrogen-bond acceptors (Lipinski definition) is 9. The molecule has 4 heterocycles. The molecule has 3 aromatic rings. The maximum absolute atomic E-state index is 14.0. The fourth-order valence-electron chi connectivity index (χ4n) is 4.27. The van der Waals surface area contributed by atoms with Gasteiger partial charge in [0.05, 0.1) is 41.9 Å². The highest BCUT2D eigenvalue weighted by Crippen LogP contribution is 2.37. The number of fused-ring (bicyclic) bond motifs is 1. The molecular weight excluding hydrogens is 473 g/mol. The smallest absolute Gasteiger partial charge is 0.261 e. The normalized spacial score (nSPS) is 20.8. The number of nitrogens with one attached hydrogen (secondary N) is 2. The first-order valence-corrected chi connectivity index (χ1v) is 12.4. The van der Waals surface area contributed by atoms with Gasteiger partial charge in [0.1, 0.15) is 34.6 Å². The van der Waals surface area contributed by atoms with E-state index in [1.54, 1.807) is 6.07 Å². The zero-order valence-electron chi connectivity index (χ0n) is 19.7. The van der Waals surface area contributed by atoms with Gasteiger partial charge in [-0.2, -0.15) is 0 Å². The minimum Gasteiger partial charge on any atom is -0.486 e. The predicted octanol–water partition coefficient (Wildman–Crippen LogP) is 3.11. The Hall–Kier alpha value is -2.86. The summed E-state index contributed by atoms with van der Waals surface area (Å²) < 4.78 is 31.1. The van der Waals surface area contributed by atoms with E-state index in [2.05, 4.69) is 25.5 Å². The Morgan fingerprint density at radius 3 is 3.03 bits per heavy atom. The van der Waals surface area contributed by atoms with Crippen LogP contribution in [0.5, 0.6) is 5.75 Å². The number of amides is 1. The monoisotopic (exact) mass is 501 g/mol. The highest BCUT2D eigenvalue weighted by molar-refractivity contribution is 7.20. The number of rotatable bonds is 7. The SMILES string of the molecule is Cc1c(C(=O)NCC2CN(C)CCO2)sc2ncnc(Nc3ccc(F)cc3O[C@H]3CCOC3)c12. The molecule has 2 aliphatic rings. The van der Waals surface area contributed by atoms with Crippen LogP contribution in [-0.2, 0) is 9.47 Å². The third-order valence-electron chi connectivity index (χ3n) is 6.14. The molecule has 0 aliphatic carbocycles. The summed E-state index contributed by atoms with van der Waals surface area (Å²) >= 11 is 1.31. The Bertz CT molecular complexity index is 1220. The van der Waals surface area contributed by atoms with E-state index in [0.29, 0.717) is 53.3 Å². The lowest BCUT2D eigenvalue weighted by Gasteiger charge is -2.30. The van der Waals surface area contributed by atoms with Gasteiger partial charge in [-0.1, -0.05) is 0 Å². The fraction of sp³-hybridized carbons (Fsp3) is 0.458. The van der Waals surface area contributed by atoms with Gasteiger partial charge >= 0.3 is 0 Å². The molecule has 0 bridgehead atoms. The second-order valence-corrected chi connectivity index (χ2v) is 9.79. The Labute approximate surface area is 206 Å². The van der Waals surface area contributed by atoms with Crippen LogP contribution in [0.3, 0.4) is 0 Å². The van der Waals surface area contributed by atoms with Gasteiger partial charge in [-0.25, -0.2) is 14.4 Å². The number of thiophene rings is 1. The van der Waals surface area contributed by atoms with Gasteiger partial charge in [0, 0.05) is 32.1 Å². The van der Waals surface area contributed by atoms with Crippen molar-refractivity contribution in [3.05, 3.63) is 40.8 Å². The van der Waals surface area contributed by atoms with E-state index < -0.39 is 5.82 Å². The van der Waals surface area contributed by atoms with E-state index in [9.17, 15) is 9.18 Å². The average Bonchev–Trinajstić information content (AvgIpc) is 3.47. The second-order valence-electron chi connectivity index (χ2n) is 8.79. The van der Waals surface area contributed by atoms with Crippen molar-refractivity contribution in [2.45, 2.75) is 25.6 Å². The van der Waals surface area contributed by atoms with Crippen molar-refractivity contribution >= 4 is 39.0 Å². The van der Waals surface area contributed by atoms with Gasteiger partial charge in [0.25, 0.3) is 5.91 Å². The molecule has 9 nitrogen and oxygen atoms in total. The number of carbonyl (C=O) groups excluding carboxylic acids is 1. The van der Waals surface area contributed by atoms with Crippen LogP contribution in [0.4, 0.5) is 15.9 Å². The second kappa shape index (κ2) is 10.4. The summed E-state index contributed by atoms with van der Waals surface area (Å²) in [6, 6.07) is 4.33. The van der Waals surface area contributed by atoms with Crippen LogP contribution in [-0.4, -0.2) is 79.5 Å². The van der Waals surface area contributed by atoms with Gasteiger partial charge in [0.2, 0.25) is 0 Å². The van der Waals surface area contributed by atoms with Crippen molar-refractivity contribution in [3.8, 4) is 5.75 Å². The van der Waals surface area contributed by atoms with E-state index in [-0.39, 0.29) is 18.1 Å². The molecule has 1 aromatic carbocycles. The molecular formula is C24H28FN5O4S. The third kappa shape index (κ3) is 5.37. The summed E-state index contributed by atoms with van der Waals surface area (Å²) in [6.45, 7) is 5.74. The van der Waals surface area contributed by atoms with Crippen LogP contribution in [0.2, 0.25) is 0 Å². The quantitative estimate of drug-likeness (QED) is 0.510. The number of benzene rings is 1. The number of halogens is 1. The molecule has 2 aromatic heterocycles. The number of ether oxygens (including phenoxy) is 3. The highest BCUT2D eigenvalue weighted by Gasteiger charge is 2.24. The number of carbonyl (C=O) groups is 1. The molecule has 0 spiro atoms. The molecule has 0 saturated carbocycles. The summed E-state index contributed by atoms with van der Waals surface area (Å²) in [6.07, 6.45) is 2.03. The fourth-order valence-corrected chi connectivity index (χ4v) is 5.34. The lowest BCUT2D eigenvalue weighted by molar-refractivity contribution is -0.0174. The molecule has 2 N–H and O–H groups in total. The average molecular weight is 502 g/mol. The van der Waals surface area contributed by atoms with E-state index in [0.717, 1.165) is 30.5 Å². The lowest BCUT2D eigenvalue weighted by Crippen LogP contribution is -2.45. The maximum atomic E-state index is 14.0. The maximum Gasteiger partial charge on any atom is 0.261 e. The zero-order valence-corrected chi connectivity index (χ0v) is 20.5. The summed E-state index contributed by atoms with van der Waals surface area (Å²) in [5, 5.41) is 7.00. The first kappa shape index (κ1) is 23.9. The van der Waals surface area contributed by atoms with E-state index >= 15 is 0 Å². The molecule has 2 saturated heterocycles. The molecule has 2 fully saturated rings. The molecule has 2 aliphatic heterocycles.